The molecule has 6 N–H and O–H groups in total. The Morgan fingerprint density at radius 1 is 1.20 bits per heavy atom. The van der Waals surface area contributed by atoms with Crippen molar-refractivity contribution >= 4 is 11.9 Å². The summed E-state index contributed by atoms with van der Waals surface area (Å²) in [5.74, 6) is -2.75. The van der Waals surface area contributed by atoms with Gasteiger partial charge in [0.25, 0.3) is 0 Å². The Hall–Kier alpha value is -0.452. The van der Waals surface area contributed by atoms with E-state index in [2.05, 4.69) is 12.8 Å². The van der Waals surface area contributed by atoms with Crippen LogP contribution in [0.4, 0.5) is 0 Å². The van der Waals surface area contributed by atoms with Crippen molar-refractivity contribution in [2.45, 2.75) is 19.3 Å². The number of rotatable bonds is 1. The second-order valence-corrected chi connectivity index (χ2v) is 2.64. The normalized spacial score (nSPS) is 12.7. The summed E-state index contributed by atoms with van der Waals surface area (Å²) in [5, 5.41) is 14.8. The van der Waals surface area contributed by atoms with Gasteiger partial charge in [0.15, 0.2) is 0 Å². The molecule has 1 rings (SSSR count). The number of aliphatic carboxylic acids is 2. The zero-order valence-electron chi connectivity index (χ0n) is 8.29. The summed E-state index contributed by atoms with van der Waals surface area (Å²) in [6.45, 7) is 0.917. The van der Waals surface area contributed by atoms with Crippen molar-refractivity contribution in [1.82, 2.24) is 0 Å². The molecule has 0 heterocycles. The van der Waals surface area contributed by atoms with Crippen molar-refractivity contribution in [3.8, 4) is 0 Å². The number of nitrogens with two attached hydrogens (primary N) is 2. The fourth-order valence-electron chi connectivity index (χ4n) is 0.729. The van der Waals surface area contributed by atoms with E-state index in [0.29, 0.717) is 0 Å². The third kappa shape index (κ3) is 13.5. The zero-order chi connectivity index (χ0) is 11.6. The van der Waals surface area contributed by atoms with Gasteiger partial charge in [-0.15, -0.1) is 0 Å². The van der Waals surface area contributed by atoms with Crippen LogP contribution in [0.25, 0.3) is 0 Å². The SMILES string of the molecule is NCC1CCC1.O=C(O)C(=O)O.[CH2-]N.[Pt]. The molecule has 0 amide bonds. The molecule has 15 heavy (non-hydrogen) atoms. The van der Waals surface area contributed by atoms with Gasteiger partial charge in [-0.05, 0) is 25.3 Å². The topological polar surface area (TPSA) is 127 Å². The quantitative estimate of drug-likeness (QED) is 0.352. The molecule has 0 aromatic rings. The molecular formula is C8H17N2O4Pt-. The third-order valence-corrected chi connectivity index (χ3v) is 1.74. The maximum atomic E-state index is 9.10. The van der Waals surface area contributed by atoms with Crippen LogP contribution in [0.2, 0.25) is 0 Å². The monoisotopic (exact) mass is 400 g/mol. The van der Waals surface area contributed by atoms with Crippen molar-refractivity contribution in [1.29, 1.82) is 0 Å². The van der Waals surface area contributed by atoms with E-state index < -0.39 is 11.9 Å². The molecule has 0 saturated heterocycles. The minimum Gasteiger partial charge on any atom is -0.486 e. The van der Waals surface area contributed by atoms with Gasteiger partial charge in [-0.1, -0.05) is 6.42 Å². The van der Waals surface area contributed by atoms with E-state index >= 15 is 0 Å². The molecule has 1 fully saturated rings. The molecule has 1 aliphatic rings. The van der Waals surface area contributed by atoms with Crippen molar-refractivity contribution in [3.63, 3.8) is 0 Å². The van der Waals surface area contributed by atoms with E-state index in [1.807, 2.05) is 0 Å². The van der Waals surface area contributed by atoms with Gasteiger partial charge in [0.2, 0.25) is 0 Å². The minimum absolute atomic E-state index is 0. The Morgan fingerprint density at radius 2 is 1.53 bits per heavy atom. The van der Waals surface area contributed by atoms with Crippen LogP contribution in [0.5, 0.6) is 0 Å². The number of carboxylic acid groups (broad SMARTS) is 2. The van der Waals surface area contributed by atoms with Crippen molar-refractivity contribution in [3.05, 3.63) is 7.05 Å². The van der Waals surface area contributed by atoms with Crippen LogP contribution in [-0.4, -0.2) is 28.7 Å². The summed E-state index contributed by atoms with van der Waals surface area (Å²) >= 11 is 0. The van der Waals surface area contributed by atoms with Gasteiger partial charge < -0.3 is 21.7 Å². The fourth-order valence-corrected chi connectivity index (χ4v) is 0.729. The number of carboxylic acids is 2. The van der Waals surface area contributed by atoms with Crippen LogP contribution < -0.4 is 11.5 Å². The molecule has 0 atom stereocenters. The van der Waals surface area contributed by atoms with Gasteiger partial charge in [-0.25, -0.2) is 9.59 Å². The van der Waals surface area contributed by atoms with Crippen LogP contribution in [0.1, 0.15) is 19.3 Å². The van der Waals surface area contributed by atoms with Gasteiger partial charge in [-0.2, -0.15) is 0 Å². The first kappa shape index (κ1) is 20.0. The van der Waals surface area contributed by atoms with Crippen molar-refractivity contribution in [2.24, 2.45) is 17.4 Å². The van der Waals surface area contributed by atoms with Crippen LogP contribution in [0.15, 0.2) is 0 Å². The molecule has 0 aromatic heterocycles. The predicted octanol–water partition coefficient (Wildman–Crippen LogP) is -0.365. The molecule has 1 saturated carbocycles. The Labute approximate surface area is 103 Å². The smallest absolute Gasteiger partial charge is 0.414 e. The van der Waals surface area contributed by atoms with E-state index in [9.17, 15) is 0 Å². The second-order valence-electron chi connectivity index (χ2n) is 2.64. The predicted molar refractivity (Wildman–Crippen MR) is 51.2 cm³/mol. The van der Waals surface area contributed by atoms with Crippen LogP contribution in [-0.2, 0) is 30.7 Å². The Balaban J connectivity index is -0.000000156. The summed E-state index contributed by atoms with van der Waals surface area (Å²) in [6.07, 6.45) is 4.19. The average Bonchev–Trinajstić information content (AvgIpc) is 2.07. The molecule has 0 spiro atoms. The molecule has 6 nitrogen and oxygen atoms in total. The van der Waals surface area contributed by atoms with E-state index in [4.69, 9.17) is 25.5 Å². The molecule has 0 bridgehead atoms. The van der Waals surface area contributed by atoms with Crippen LogP contribution in [0, 0.1) is 13.0 Å². The van der Waals surface area contributed by atoms with E-state index in [1.54, 1.807) is 0 Å². The third-order valence-electron chi connectivity index (χ3n) is 1.74. The first-order chi connectivity index (χ1) is 6.57. The summed E-state index contributed by atoms with van der Waals surface area (Å²) in [5.41, 5.74) is 9.58. The molecule has 0 radical (unpaired) electrons. The minimum atomic E-state index is -1.82. The summed E-state index contributed by atoms with van der Waals surface area (Å²) in [4.78, 5) is 18.2. The van der Waals surface area contributed by atoms with E-state index in [1.165, 1.54) is 19.3 Å². The Bertz CT molecular complexity index is 159. The standard InChI is InChI=1S/C5H11N.C2H2O4.CH4N.Pt/c6-4-5-2-1-3-5;3-1(4)2(5)6;1-2;/h5H,1-4,6H2;(H,3,4)(H,5,6);1-2H2;/q;;-1;. The van der Waals surface area contributed by atoms with Gasteiger partial charge >= 0.3 is 11.9 Å². The van der Waals surface area contributed by atoms with Crippen LogP contribution in [0.3, 0.4) is 0 Å². The van der Waals surface area contributed by atoms with E-state index in [0.717, 1.165) is 12.5 Å². The zero-order valence-corrected chi connectivity index (χ0v) is 10.6. The second kappa shape index (κ2) is 13.5. The Morgan fingerprint density at radius 3 is 1.53 bits per heavy atom. The number of hydrogen-bond donors (Lipinski definition) is 4. The van der Waals surface area contributed by atoms with Gasteiger partial charge in [0.05, 0.1) is 0 Å². The first-order valence-corrected chi connectivity index (χ1v) is 4.15. The van der Waals surface area contributed by atoms with Crippen molar-refractivity contribution < 1.29 is 40.9 Å². The number of carbonyl (C=O) groups is 2. The largest absolute Gasteiger partial charge is 0.486 e. The number of hydrogen-bond acceptors (Lipinski definition) is 4. The van der Waals surface area contributed by atoms with Crippen molar-refractivity contribution in [2.75, 3.05) is 6.54 Å². The molecule has 1 aliphatic carbocycles. The van der Waals surface area contributed by atoms with Crippen LogP contribution >= 0.6 is 0 Å². The molecular weight excluding hydrogens is 383 g/mol. The maximum absolute atomic E-state index is 9.10. The average molecular weight is 400 g/mol. The van der Waals surface area contributed by atoms with Gasteiger partial charge in [-0.3, -0.25) is 7.05 Å². The molecule has 0 unspecified atom stereocenters. The van der Waals surface area contributed by atoms with Gasteiger partial charge in [0, 0.05) is 21.1 Å². The molecule has 0 aliphatic heterocycles. The molecule has 94 valence electrons. The van der Waals surface area contributed by atoms with E-state index in [-0.39, 0.29) is 21.1 Å². The van der Waals surface area contributed by atoms with Gasteiger partial charge in [0.1, 0.15) is 0 Å². The fraction of sp³-hybridized carbons (Fsp3) is 0.625. The first-order valence-electron chi connectivity index (χ1n) is 4.15. The molecule has 0 aromatic carbocycles. The Kier molecular flexibility index (Phi) is 18.1. The molecule has 7 heteroatoms. The summed E-state index contributed by atoms with van der Waals surface area (Å²) < 4.78 is 0. The summed E-state index contributed by atoms with van der Waals surface area (Å²) in [6, 6.07) is 0. The maximum Gasteiger partial charge on any atom is 0.414 e. The summed E-state index contributed by atoms with van der Waals surface area (Å²) in [7, 11) is 2.75.